The number of nitrogen functional groups attached to an aromatic ring is 1. The molecule has 0 spiro atoms. The second kappa shape index (κ2) is 6.43. The molecule has 0 saturated carbocycles. The summed E-state index contributed by atoms with van der Waals surface area (Å²) in [6.45, 7) is 1.87. The Labute approximate surface area is 137 Å². The van der Waals surface area contributed by atoms with Crippen LogP contribution in [0.5, 0.6) is 0 Å². The average Bonchev–Trinajstić information content (AvgIpc) is 2.93. The fraction of sp³-hybridized carbons (Fsp3) is 0.308. The van der Waals surface area contributed by atoms with Gasteiger partial charge in [0.15, 0.2) is 0 Å². The highest BCUT2D eigenvalue weighted by atomic mass is 79.9. The Kier molecular flexibility index (Phi) is 5.03. The van der Waals surface area contributed by atoms with E-state index in [2.05, 4.69) is 20.9 Å². The van der Waals surface area contributed by atoms with Crippen LogP contribution in [0.1, 0.15) is 11.8 Å². The SMILES string of the molecule is CC(Cc1cccs1)N(C)S(=O)(=O)c1cc(Br)cnc1N. The van der Waals surface area contributed by atoms with E-state index in [1.54, 1.807) is 18.4 Å². The van der Waals surface area contributed by atoms with Gasteiger partial charge in [0.1, 0.15) is 10.7 Å². The Morgan fingerprint density at radius 2 is 2.24 bits per heavy atom. The number of likely N-dealkylation sites (N-methyl/N-ethyl adjacent to an activating group) is 1. The molecule has 2 heterocycles. The number of halogens is 1. The third-order valence-corrected chi connectivity index (χ3v) is 6.54. The summed E-state index contributed by atoms with van der Waals surface area (Å²) < 4.78 is 27.2. The van der Waals surface area contributed by atoms with Crippen LogP contribution in [0.2, 0.25) is 0 Å². The summed E-state index contributed by atoms with van der Waals surface area (Å²) in [6, 6.07) is 5.26. The molecule has 2 rings (SSSR count). The summed E-state index contributed by atoms with van der Waals surface area (Å²) in [5.74, 6) is 0.00775. The molecule has 1 atom stereocenters. The molecule has 2 aromatic heterocycles. The first-order chi connectivity index (χ1) is 9.82. The molecule has 21 heavy (non-hydrogen) atoms. The van der Waals surface area contributed by atoms with Crippen molar-refractivity contribution in [1.82, 2.24) is 9.29 Å². The molecular weight excluding hydrogens is 374 g/mol. The first-order valence-electron chi connectivity index (χ1n) is 6.24. The van der Waals surface area contributed by atoms with Gasteiger partial charge in [-0.3, -0.25) is 0 Å². The third-order valence-electron chi connectivity index (χ3n) is 3.20. The Morgan fingerprint density at radius 1 is 1.52 bits per heavy atom. The van der Waals surface area contributed by atoms with E-state index in [0.717, 1.165) is 4.88 Å². The lowest BCUT2D eigenvalue weighted by molar-refractivity contribution is 0.388. The minimum Gasteiger partial charge on any atom is -0.383 e. The topological polar surface area (TPSA) is 76.3 Å². The van der Waals surface area contributed by atoms with Crippen LogP contribution in [0, 0.1) is 0 Å². The molecule has 0 aromatic carbocycles. The zero-order chi connectivity index (χ0) is 15.6. The van der Waals surface area contributed by atoms with Gasteiger partial charge in [-0.15, -0.1) is 11.3 Å². The Hall–Kier alpha value is -0.960. The number of thiophene rings is 1. The highest BCUT2D eigenvalue weighted by Gasteiger charge is 2.28. The predicted octanol–water partition coefficient (Wildman–Crippen LogP) is 2.74. The second-order valence-electron chi connectivity index (χ2n) is 4.69. The van der Waals surface area contributed by atoms with Gasteiger partial charge in [0.25, 0.3) is 0 Å². The summed E-state index contributed by atoms with van der Waals surface area (Å²) >= 11 is 4.84. The Balaban J connectivity index is 2.27. The molecule has 0 radical (unpaired) electrons. The molecule has 114 valence electrons. The molecule has 2 aromatic rings. The third kappa shape index (κ3) is 3.63. The van der Waals surface area contributed by atoms with Gasteiger partial charge in [-0.25, -0.2) is 13.4 Å². The summed E-state index contributed by atoms with van der Waals surface area (Å²) in [5.41, 5.74) is 5.71. The van der Waals surface area contributed by atoms with Crippen molar-refractivity contribution in [2.45, 2.75) is 24.3 Å². The molecule has 0 amide bonds. The van der Waals surface area contributed by atoms with Crippen LogP contribution >= 0.6 is 27.3 Å². The first kappa shape index (κ1) is 16.4. The van der Waals surface area contributed by atoms with Crippen LogP contribution in [0.4, 0.5) is 5.82 Å². The number of rotatable bonds is 5. The molecule has 5 nitrogen and oxygen atoms in total. The molecule has 0 saturated heterocycles. The molecule has 8 heteroatoms. The van der Waals surface area contributed by atoms with E-state index in [1.807, 2.05) is 24.4 Å². The van der Waals surface area contributed by atoms with E-state index >= 15 is 0 Å². The summed E-state index contributed by atoms with van der Waals surface area (Å²) in [5, 5.41) is 1.98. The fourth-order valence-electron chi connectivity index (χ4n) is 1.88. The minimum atomic E-state index is -3.67. The molecule has 0 bridgehead atoms. The second-order valence-corrected chi connectivity index (χ2v) is 8.60. The Bertz CT molecular complexity index is 717. The average molecular weight is 390 g/mol. The number of hydrogen-bond acceptors (Lipinski definition) is 5. The highest BCUT2D eigenvalue weighted by Crippen LogP contribution is 2.25. The number of nitrogens with two attached hydrogens (primary N) is 1. The van der Waals surface area contributed by atoms with Crippen molar-refractivity contribution in [2.24, 2.45) is 0 Å². The number of sulfonamides is 1. The molecule has 0 aliphatic carbocycles. The van der Waals surface area contributed by atoms with Gasteiger partial charge in [0.05, 0.1) is 0 Å². The van der Waals surface area contributed by atoms with E-state index in [9.17, 15) is 8.42 Å². The van der Waals surface area contributed by atoms with E-state index in [-0.39, 0.29) is 16.8 Å². The zero-order valence-corrected chi connectivity index (χ0v) is 14.9. The summed E-state index contributed by atoms with van der Waals surface area (Å²) in [6.07, 6.45) is 2.14. The lowest BCUT2D eigenvalue weighted by atomic mass is 10.2. The zero-order valence-electron chi connectivity index (χ0n) is 11.7. The minimum absolute atomic E-state index is 0.00775. The molecular formula is C13H16BrN3O2S2. The standard InChI is InChI=1S/C13H16BrN3O2S2/c1-9(6-11-4-3-5-20-11)17(2)21(18,19)12-7-10(14)8-16-13(12)15/h3-5,7-9H,6H2,1-2H3,(H2,15,16). The van der Waals surface area contributed by atoms with Crippen molar-refractivity contribution in [1.29, 1.82) is 0 Å². The Morgan fingerprint density at radius 3 is 2.86 bits per heavy atom. The number of anilines is 1. The van der Waals surface area contributed by atoms with E-state index in [0.29, 0.717) is 10.9 Å². The van der Waals surface area contributed by atoms with Gasteiger partial charge < -0.3 is 5.73 Å². The van der Waals surface area contributed by atoms with Crippen LogP contribution < -0.4 is 5.73 Å². The normalized spacial score (nSPS) is 13.5. The van der Waals surface area contributed by atoms with Gasteiger partial charge >= 0.3 is 0 Å². The maximum absolute atomic E-state index is 12.7. The molecule has 0 aliphatic heterocycles. The van der Waals surface area contributed by atoms with Crippen molar-refractivity contribution in [3.63, 3.8) is 0 Å². The van der Waals surface area contributed by atoms with E-state index in [4.69, 9.17) is 5.73 Å². The van der Waals surface area contributed by atoms with Crippen LogP contribution in [-0.4, -0.2) is 30.8 Å². The van der Waals surface area contributed by atoms with E-state index < -0.39 is 10.0 Å². The molecule has 0 fully saturated rings. The van der Waals surface area contributed by atoms with Crippen molar-refractivity contribution < 1.29 is 8.42 Å². The lowest BCUT2D eigenvalue weighted by Gasteiger charge is -2.24. The maximum Gasteiger partial charge on any atom is 0.246 e. The quantitative estimate of drug-likeness (QED) is 0.852. The number of hydrogen-bond donors (Lipinski definition) is 1. The van der Waals surface area contributed by atoms with Gasteiger partial charge in [0, 0.05) is 28.6 Å². The van der Waals surface area contributed by atoms with Crippen LogP contribution in [-0.2, 0) is 16.4 Å². The molecule has 2 N–H and O–H groups in total. The smallest absolute Gasteiger partial charge is 0.246 e. The number of pyridine rings is 1. The van der Waals surface area contributed by atoms with Crippen LogP contribution in [0.3, 0.4) is 0 Å². The van der Waals surface area contributed by atoms with Crippen LogP contribution in [0.15, 0.2) is 39.1 Å². The maximum atomic E-state index is 12.7. The lowest BCUT2D eigenvalue weighted by Crippen LogP contribution is -2.36. The van der Waals surface area contributed by atoms with Crippen molar-refractivity contribution in [3.05, 3.63) is 39.1 Å². The predicted molar refractivity (Wildman–Crippen MR) is 88.8 cm³/mol. The highest BCUT2D eigenvalue weighted by molar-refractivity contribution is 9.10. The van der Waals surface area contributed by atoms with Crippen molar-refractivity contribution in [2.75, 3.05) is 12.8 Å². The van der Waals surface area contributed by atoms with Gasteiger partial charge in [0.2, 0.25) is 10.0 Å². The van der Waals surface area contributed by atoms with Gasteiger partial charge in [-0.2, -0.15) is 4.31 Å². The van der Waals surface area contributed by atoms with Gasteiger partial charge in [-0.05, 0) is 46.8 Å². The monoisotopic (exact) mass is 389 g/mol. The van der Waals surface area contributed by atoms with Crippen LogP contribution in [0.25, 0.3) is 0 Å². The first-order valence-corrected chi connectivity index (χ1v) is 9.35. The van der Waals surface area contributed by atoms with Crippen molar-refractivity contribution in [3.8, 4) is 0 Å². The molecule has 0 aliphatic rings. The molecule has 1 unspecified atom stereocenters. The summed E-state index contributed by atoms with van der Waals surface area (Å²) in [4.78, 5) is 5.06. The van der Waals surface area contributed by atoms with E-state index in [1.165, 1.54) is 16.6 Å². The summed E-state index contributed by atoms with van der Waals surface area (Å²) in [7, 11) is -2.11. The van der Waals surface area contributed by atoms with Crippen molar-refractivity contribution >= 4 is 43.1 Å². The number of nitrogens with zero attached hydrogens (tertiary/aromatic N) is 2. The fourth-order valence-corrected chi connectivity index (χ4v) is 4.64. The van der Waals surface area contributed by atoms with Gasteiger partial charge in [-0.1, -0.05) is 6.07 Å². The number of aromatic nitrogens is 1. The largest absolute Gasteiger partial charge is 0.383 e.